The molecule has 0 N–H and O–H groups in total. The van der Waals surface area contributed by atoms with Crippen LogP contribution in [0.4, 0.5) is 5.69 Å². The van der Waals surface area contributed by atoms with E-state index in [4.69, 9.17) is 0 Å². The number of carbonyl (C=O) groups is 1. The van der Waals surface area contributed by atoms with Gasteiger partial charge in [0.2, 0.25) is 5.91 Å². The highest BCUT2D eigenvalue weighted by atomic mass is 16.2. The maximum absolute atomic E-state index is 11.6. The normalized spacial score (nSPS) is 23.7. The molecule has 3 rings (SSSR count). The minimum Gasteiger partial charge on any atom is -0.312 e. The number of nitrogens with zero attached hydrogens (tertiary/aromatic N) is 1. The van der Waals surface area contributed by atoms with Crippen LogP contribution in [0.1, 0.15) is 45.2 Å². The molecule has 1 aromatic carbocycles. The third kappa shape index (κ3) is 2.07. The molecule has 0 saturated heterocycles. The van der Waals surface area contributed by atoms with Gasteiger partial charge in [0, 0.05) is 19.2 Å². The summed E-state index contributed by atoms with van der Waals surface area (Å²) in [6.07, 6.45) is 4.52. The standard InChI is InChI=1S/C18H23NO/c1-5-15(16-11-18(16,3)4)13-6-7-17-14(10-13)8-9-19(17)12(2)20/h5-7,10,16H,8-9,11H2,1-4H3. The van der Waals surface area contributed by atoms with Crippen LogP contribution < -0.4 is 4.90 Å². The maximum atomic E-state index is 11.6. The number of benzene rings is 1. The van der Waals surface area contributed by atoms with Gasteiger partial charge in [0.1, 0.15) is 0 Å². The number of amides is 1. The lowest BCUT2D eigenvalue weighted by atomic mass is 9.94. The summed E-state index contributed by atoms with van der Waals surface area (Å²) in [6.45, 7) is 9.29. The van der Waals surface area contributed by atoms with Crippen LogP contribution in [0.15, 0.2) is 24.3 Å². The number of fused-ring (bicyclic) bond motifs is 1. The number of allylic oxidation sites excluding steroid dienone is 2. The summed E-state index contributed by atoms with van der Waals surface area (Å²) in [5.41, 5.74) is 5.68. The second-order valence-electron chi connectivity index (χ2n) is 6.75. The quantitative estimate of drug-likeness (QED) is 0.793. The second kappa shape index (κ2) is 4.47. The molecule has 2 heteroatoms. The van der Waals surface area contributed by atoms with Crippen LogP contribution in [0.25, 0.3) is 5.57 Å². The SMILES string of the molecule is CC=C(c1ccc2c(c1)CCN2C(C)=O)C1CC1(C)C. The molecule has 20 heavy (non-hydrogen) atoms. The van der Waals surface area contributed by atoms with Crippen molar-refractivity contribution in [2.45, 2.75) is 40.5 Å². The minimum atomic E-state index is 0.145. The van der Waals surface area contributed by atoms with Crippen LogP contribution in [-0.4, -0.2) is 12.5 Å². The predicted octanol–water partition coefficient (Wildman–Crippen LogP) is 4.05. The maximum Gasteiger partial charge on any atom is 0.223 e. The van der Waals surface area contributed by atoms with Crippen LogP contribution in [0.2, 0.25) is 0 Å². The molecule has 2 aliphatic rings. The first-order valence-corrected chi connectivity index (χ1v) is 7.51. The van der Waals surface area contributed by atoms with Crippen molar-refractivity contribution in [1.82, 2.24) is 0 Å². The Hall–Kier alpha value is -1.57. The Labute approximate surface area is 121 Å². The average Bonchev–Trinajstić information content (AvgIpc) is 2.86. The Kier molecular flexibility index (Phi) is 3.00. The molecule has 0 radical (unpaired) electrons. The summed E-state index contributed by atoms with van der Waals surface area (Å²) in [5, 5.41) is 0. The summed E-state index contributed by atoms with van der Waals surface area (Å²) in [4.78, 5) is 13.5. The molecule has 1 amide bonds. The van der Waals surface area contributed by atoms with Crippen molar-refractivity contribution in [3.8, 4) is 0 Å². The van der Waals surface area contributed by atoms with Gasteiger partial charge in [-0.2, -0.15) is 0 Å². The van der Waals surface area contributed by atoms with E-state index in [1.54, 1.807) is 6.92 Å². The molecule has 1 aliphatic heterocycles. The third-order valence-corrected chi connectivity index (χ3v) is 4.89. The zero-order valence-corrected chi connectivity index (χ0v) is 12.9. The third-order valence-electron chi connectivity index (χ3n) is 4.89. The van der Waals surface area contributed by atoms with Crippen molar-refractivity contribution < 1.29 is 4.79 Å². The van der Waals surface area contributed by atoms with Gasteiger partial charge < -0.3 is 4.90 Å². The van der Waals surface area contributed by atoms with Crippen LogP contribution in [0.3, 0.4) is 0 Å². The largest absolute Gasteiger partial charge is 0.312 e. The highest BCUT2D eigenvalue weighted by Gasteiger charge is 2.47. The summed E-state index contributed by atoms with van der Waals surface area (Å²) in [7, 11) is 0. The fraction of sp³-hybridized carbons (Fsp3) is 0.500. The number of hydrogen-bond donors (Lipinski definition) is 0. The van der Waals surface area contributed by atoms with Crippen molar-refractivity contribution in [3.05, 3.63) is 35.4 Å². The second-order valence-corrected chi connectivity index (χ2v) is 6.75. The topological polar surface area (TPSA) is 20.3 Å². The van der Waals surface area contributed by atoms with E-state index >= 15 is 0 Å². The zero-order valence-electron chi connectivity index (χ0n) is 12.9. The average molecular weight is 269 g/mol. The van der Waals surface area contributed by atoms with E-state index in [2.05, 4.69) is 45.0 Å². The highest BCUT2D eigenvalue weighted by molar-refractivity contribution is 5.94. The molecule has 106 valence electrons. The van der Waals surface area contributed by atoms with Gasteiger partial charge in [0.05, 0.1) is 0 Å². The van der Waals surface area contributed by atoms with Crippen LogP contribution in [-0.2, 0) is 11.2 Å². The van der Waals surface area contributed by atoms with Gasteiger partial charge in [0.15, 0.2) is 0 Å². The predicted molar refractivity (Wildman–Crippen MR) is 83.7 cm³/mol. The van der Waals surface area contributed by atoms with E-state index in [9.17, 15) is 4.79 Å². The van der Waals surface area contributed by atoms with E-state index in [0.29, 0.717) is 11.3 Å². The van der Waals surface area contributed by atoms with Crippen molar-refractivity contribution in [1.29, 1.82) is 0 Å². The van der Waals surface area contributed by atoms with Gasteiger partial charge in [-0.1, -0.05) is 26.0 Å². The van der Waals surface area contributed by atoms with Crippen molar-refractivity contribution in [3.63, 3.8) is 0 Å². The molecule has 1 aromatic rings. The Balaban J connectivity index is 1.92. The highest BCUT2D eigenvalue weighted by Crippen LogP contribution is 2.58. The smallest absolute Gasteiger partial charge is 0.223 e. The number of carbonyl (C=O) groups excluding carboxylic acids is 1. The van der Waals surface area contributed by atoms with Crippen LogP contribution in [0.5, 0.6) is 0 Å². The van der Waals surface area contributed by atoms with Gasteiger partial charge >= 0.3 is 0 Å². The Morgan fingerprint density at radius 3 is 2.65 bits per heavy atom. The lowest BCUT2D eigenvalue weighted by Crippen LogP contribution is -2.25. The molecular weight excluding hydrogens is 246 g/mol. The molecule has 1 aliphatic carbocycles. The van der Waals surface area contributed by atoms with Crippen LogP contribution >= 0.6 is 0 Å². The van der Waals surface area contributed by atoms with Crippen molar-refractivity contribution in [2.24, 2.45) is 11.3 Å². The summed E-state index contributed by atoms with van der Waals surface area (Å²) < 4.78 is 0. The van der Waals surface area contributed by atoms with Gasteiger partial charge in [-0.25, -0.2) is 0 Å². The zero-order chi connectivity index (χ0) is 14.5. The molecule has 1 atom stereocenters. The number of anilines is 1. The first-order chi connectivity index (χ1) is 9.44. The monoisotopic (exact) mass is 269 g/mol. The summed E-state index contributed by atoms with van der Waals surface area (Å²) in [6, 6.07) is 6.60. The van der Waals surface area contributed by atoms with E-state index in [1.165, 1.54) is 23.1 Å². The van der Waals surface area contributed by atoms with Gasteiger partial charge in [-0.15, -0.1) is 0 Å². The molecule has 0 aromatic heterocycles. The molecule has 0 bridgehead atoms. The molecule has 1 fully saturated rings. The fourth-order valence-corrected chi connectivity index (χ4v) is 3.48. The first kappa shape index (κ1) is 13.4. The molecule has 2 nitrogen and oxygen atoms in total. The molecule has 1 heterocycles. The Morgan fingerprint density at radius 1 is 1.40 bits per heavy atom. The van der Waals surface area contributed by atoms with E-state index in [1.807, 2.05) is 4.90 Å². The van der Waals surface area contributed by atoms with E-state index in [-0.39, 0.29) is 5.91 Å². The fourth-order valence-electron chi connectivity index (χ4n) is 3.48. The summed E-state index contributed by atoms with van der Waals surface area (Å²) in [5.74, 6) is 0.835. The Morgan fingerprint density at radius 2 is 2.10 bits per heavy atom. The lowest BCUT2D eigenvalue weighted by Gasteiger charge is -2.16. The van der Waals surface area contributed by atoms with Crippen molar-refractivity contribution >= 4 is 17.2 Å². The summed E-state index contributed by atoms with van der Waals surface area (Å²) >= 11 is 0. The lowest BCUT2D eigenvalue weighted by molar-refractivity contribution is -0.116. The van der Waals surface area contributed by atoms with E-state index < -0.39 is 0 Å². The molecule has 0 spiro atoms. The molecule has 1 unspecified atom stereocenters. The first-order valence-electron chi connectivity index (χ1n) is 7.51. The van der Waals surface area contributed by atoms with E-state index in [0.717, 1.165) is 18.7 Å². The molecular formula is C18H23NO. The van der Waals surface area contributed by atoms with Crippen molar-refractivity contribution in [2.75, 3.05) is 11.4 Å². The van der Waals surface area contributed by atoms with Gasteiger partial charge in [0.25, 0.3) is 0 Å². The minimum absolute atomic E-state index is 0.145. The molecule has 1 saturated carbocycles. The Bertz CT molecular complexity index is 597. The van der Waals surface area contributed by atoms with Gasteiger partial charge in [-0.05, 0) is 59.9 Å². The number of hydrogen-bond acceptors (Lipinski definition) is 1. The van der Waals surface area contributed by atoms with Crippen LogP contribution in [0, 0.1) is 11.3 Å². The number of rotatable bonds is 2. The van der Waals surface area contributed by atoms with Gasteiger partial charge in [-0.3, -0.25) is 4.79 Å².